The minimum atomic E-state index is -4.84. The molecular formula is C25H30F6N8O2. The van der Waals surface area contributed by atoms with Crippen molar-refractivity contribution in [3.63, 3.8) is 0 Å². The predicted octanol–water partition coefficient (Wildman–Crippen LogP) is 3.54. The average molecular weight is 589 g/mol. The van der Waals surface area contributed by atoms with Crippen LogP contribution >= 0.6 is 0 Å². The van der Waals surface area contributed by atoms with E-state index in [-0.39, 0.29) is 53.2 Å². The predicted molar refractivity (Wildman–Crippen MR) is 137 cm³/mol. The van der Waals surface area contributed by atoms with Crippen molar-refractivity contribution in [1.29, 1.82) is 5.41 Å². The molecule has 3 aliphatic rings. The number of alkyl halides is 6. The fourth-order valence-electron chi connectivity index (χ4n) is 5.31. The smallest absolute Gasteiger partial charge is 0.395 e. The minimum absolute atomic E-state index is 0.0289. The first-order valence-electron chi connectivity index (χ1n) is 12.9. The Balaban J connectivity index is 1.46. The van der Waals surface area contributed by atoms with Crippen molar-refractivity contribution in [3.8, 4) is 0 Å². The molecule has 5 rings (SSSR count). The Kier molecular flexibility index (Phi) is 6.51. The van der Waals surface area contributed by atoms with Crippen molar-refractivity contribution in [1.82, 2.24) is 25.0 Å². The number of likely N-dealkylation sites (tertiary alicyclic amines) is 1. The Hall–Kier alpha value is -3.56. The molecule has 0 radical (unpaired) electrons. The van der Waals surface area contributed by atoms with Gasteiger partial charge in [0.25, 0.3) is 5.92 Å². The van der Waals surface area contributed by atoms with Gasteiger partial charge in [-0.05, 0) is 39.2 Å². The molecule has 4 heterocycles. The van der Waals surface area contributed by atoms with E-state index in [0.29, 0.717) is 12.8 Å². The normalized spacial score (nSPS) is 21.9. The van der Waals surface area contributed by atoms with Crippen molar-refractivity contribution in [2.24, 2.45) is 5.73 Å². The summed E-state index contributed by atoms with van der Waals surface area (Å²) in [5.41, 5.74) is 0.807. The number of anilines is 1. The van der Waals surface area contributed by atoms with Gasteiger partial charge in [0.2, 0.25) is 0 Å². The number of carbonyl (C=O) groups is 1. The molecule has 41 heavy (non-hydrogen) atoms. The van der Waals surface area contributed by atoms with Gasteiger partial charge in [0, 0.05) is 24.4 Å². The van der Waals surface area contributed by atoms with Crippen LogP contribution in [0.4, 0.5) is 37.0 Å². The van der Waals surface area contributed by atoms with Crippen molar-refractivity contribution >= 4 is 34.7 Å². The molecule has 3 fully saturated rings. The Morgan fingerprint density at radius 3 is 2.37 bits per heavy atom. The topological polar surface area (TPSA) is 136 Å². The van der Waals surface area contributed by atoms with E-state index in [1.165, 1.54) is 35.7 Å². The van der Waals surface area contributed by atoms with Crippen molar-refractivity contribution < 1.29 is 36.2 Å². The van der Waals surface area contributed by atoms with Crippen LogP contribution < -0.4 is 16.0 Å². The van der Waals surface area contributed by atoms with Gasteiger partial charge < -0.3 is 31.4 Å². The molecule has 224 valence electrons. The first-order chi connectivity index (χ1) is 18.9. The number of amides is 2. The van der Waals surface area contributed by atoms with Gasteiger partial charge in [-0.3, -0.25) is 9.67 Å². The SMILES string of the molecule is CC(C)(F)Cn1nc(N2CC(O)(C(F)(F)F)C2)c2cnc(/C(N)=C(/C=N)NC(=O)N3CC(F)(F)CCC34CC4)cc21. The second-order valence-corrected chi connectivity index (χ2v) is 11.7. The van der Waals surface area contributed by atoms with Gasteiger partial charge in [-0.2, -0.15) is 18.3 Å². The highest BCUT2D eigenvalue weighted by Crippen LogP contribution is 2.51. The van der Waals surface area contributed by atoms with E-state index >= 15 is 0 Å². The van der Waals surface area contributed by atoms with Crippen LogP contribution in [0.15, 0.2) is 18.0 Å². The van der Waals surface area contributed by atoms with Gasteiger partial charge in [-0.25, -0.2) is 18.0 Å². The molecule has 0 atom stereocenters. The molecule has 10 nitrogen and oxygen atoms in total. The summed E-state index contributed by atoms with van der Waals surface area (Å²) in [6.45, 7) is 0.00544. The molecular weight excluding hydrogens is 558 g/mol. The third kappa shape index (κ3) is 5.28. The molecule has 5 N–H and O–H groups in total. The lowest BCUT2D eigenvalue weighted by molar-refractivity contribution is -0.267. The summed E-state index contributed by atoms with van der Waals surface area (Å²) in [7, 11) is 0. The van der Waals surface area contributed by atoms with Crippen LogP contribution in [-0.4, -0.2) is 85.6 Å². The number of hydrogen-bond donors (Lipinski definition) is 4. The van der Waals surface area contributed by atoms with Gasteiger partial charge in [0.05, 0.1) is 54.2 Å². The second-order valence-electron chi connectivity index (χ2n) is 11.7. The number of piperidine rings is 1. The number of fused-ring (bicyclic) bond motifs is 1. The number of nitrogens with two attached hydrogens (primary N) is 1. The van der Waals surface area contributed by atoms with E-state index in [1.54, 1.807) is 0 Å². The number of allylic oxidation sites excluding steroid dienone is 1. The molecule has 1 saturated carbocycles. The number of nitrogens with one attached hydrogen (secondary N) is 2. The number of β-amino-alcohol motifs (C(OH)–C–C–N with tert-alkyl or cyclic N) is 1. The van der Waals surface area contributed by atoms with Gasteiger partial charge in [0.15, 0.2) is 11.4 Å². The number of carbonyl (C=O) groups excluding carboxylic acids is 1. The lowest BCUT2D eigenvalue weighted by Crippen LogP contribution is -2.69. The summed E-state index contributed by atoms with van der Waals surface area (Å²) < 4.78 is 83.6. The molecule has 2 amide bonds. The first kappa shape index (κ1) is 29.0. The summed E-state index contributed by atoms with van der Waals surface area (Å²) in [5, 5.41) is 24.7. The maximum absolute atomic E-state index is 14.6. The number of nitrogens with zero attached hydrogens (tertiary/aromatic N) is 5. The fraction of sp³-hybridized carbons (Fsp3) is 0.600. The summed E-state index contributed by atoms with van der Waals surface area (Å²) in [5.74, 6) is -2.98. The van der Waals surface area contributed by atoms with E-state index in [1.807, 2.05) is 0 Å². The highest BCUT2D eigenvalue weighted by atomic mass is 19.4. The molecule has 2 saturated heterocycles. The number of aromatic nitrogens is 3. The molecule has 0 aromatic carbocycles. The molecule has 1 aliphatic carbocycles. The average Bonchev–Trinajstić information content (AvgIpc) is 3.55. The molecule has 16 heteroatoms. The number of rotatable bonds is 6. The monoisotopic (exact) mass is 588 g/mol. The van der Waals surface area contributed by atoms with E-state index in [0.717, 1.165) is 11.1 Å². The molecule has 0 bridgehead atoms. The zero-order chi connectivity index (χ0) is 30.2. The third-order valence-corrected chi connectivity index (χ3v) is 7.82. The zero-order valence-corrected chi connectivity index (χ0v) is 22.3. The number of halogens is 6. The number of hydrogen-bond acceptors (Lipinski definition) is 7. The summed E-state index contributed by atoms with van der Waals surface area (Å²) in [6, 6.07) is 0.557. The Morgan fingerprint density at radius 1 is 1.17 bits per heavy atom. The van der Waals surface area contributed by atoms with E-state index in [2.05, 4.69) is 15.4 Å². The lowest BCUT2D eigenvalue weighted by atomic mass is 9.93. The summed E-state index contributed by atoms with van der Waals surface area (Å²) in [4.78, 5) is 19.5. The Labute approximate surface area is 230 Å². The van der Waals surface area contributed by atoms with Crippen LogP contribution in [0.3, 0.4) is 0 Å². The quantitative estimate of drug-likeness (QED) is 0.301. The van der Waals surface area contributed by atoms with Crippen molar-refractivity contribution in [2.45, 2.75) is 75.0 Å². The maximum atomic E-state index is 14.6. The van der Waals surface area contributed by atoms with Crippen molar-refractivity contribution in [3.05, 3.63) is 23.7 Å². The van der Waals surface area contributed by atoms with Gasteiger partial charge in [-0.1, -0.05) is 0 Å². The second kappa shape index (κ2) is 9.22. The maximum Gasteiger partial charge on any atom is 0.420 e. The standard InChI is InChI=1S/C25H30F6N8O2/c1-21(2,26)10-39-17-7-15(34-9-14(17)19(36-39)37-11-23(41,12-37)25(29,30)31)18(33)16(8-32)35-20(40)38-13-24(27,28)6-5-22(38)3-4-22/h7-9,32,41H,3-6,10-13,33H2,1-2H3,(H,35,40)/b18-16+,32-8?. The first-order valence-corrected chi connectivity index (χ1v) is 12.9. The molecule has 2 aliphatic heterocycles. The number of urea groups is 1. The highest BCUT2D eigenvalue weighted by molar-refractivity contribution is 5.96. The van der Waals surface area contributed by atoms with Crippen LogP contribution in [0.2, 0.25) is 0 Å². The van der Waals surface area contributed by atoms with Gasteiger partial charge >= 0.3 is 12.2 Å². The third-order valence-electron chi connectivity index (χ3n) is 7.82. The van der Waals surface area contributed by atoms with E-state index in [4.69, 9.17) is 11.1 Å². The largest absolute Gasteiger partial charge is 0.420 e. The van der Waals surface area contributed by atoms with Gasteiger partial charge in [0.1, 0.15) is 5.67 Å². The van der Waals surface area contributed by atoms with Gasteiger partial charge in [-0.15, -0.1) is 0 Å². The number of aliphatic hydroxyl groups is 1. The van der Waals surface area contributed by atoms with E-state index in [9.17, 15) is 36.2 Å². The van der Waals surface area contributed by atoms with Crippen LogP contribution in [0.1, 0.15) is 45.2 Å². The molecule has 2 aromatic heterocycles. The van der Waals surface area contributed by atoms with Crippen LogP contribution in [0.5, 0.6) is 0 Å². The minimum Gasteiger partial charge on any atom is -0.395 e. The summed E-state index contributed by atoms with van der Waals surface area (Å²) in [6.07, 6.45) is -1.78. The highest BCUT2D eigenvalue weighted by Gasteiger charge is 2.62. The summed E-state index contributed by atoms with van der Waals surface area (Å²) >= 11 is 0. The van der Waals surface area contributed by atoms with Crippen LogP contribution in [-0.2, 0) is 6.54 Å². The van der Waals surface area contributed by atoms with Crippen molar-refractivity contribution in [2.75, 3.05) is 24.5 Å². The van der Waals surface area contributed by atoms with Crippen LogP contribution in [0, 0.1) is 5.41 Å². The van der Waals surface area contributed by atoms with E-state index < -0.39 is 54.6 Å². The Bertz CT molecular complexity index is 1420. The number of pyridine rings is 1. The molecule has 0 unspecified atom stereocenters. The Morgan fingerprint density at radius 2 is 1.80 bits per heavy atom. The molecule has 2 aromatic rings. The van der Waals surface area contributed by atoms with Crippen LogP contribution in [0.25, 0.3) is 16.6 Å². The molecule has 1 spiro atoms. The fourth-order valence-corrected chi connectivity index (χ4v) is 5.31. The lowest BCUT2D eigenvalue weighted by Gasteiger charge is -2.47. The zero-order valence-electron chi connectivity index (χ0n) is 22.3.